The van der Waals surface area contributed by atoms with Gasteiger partial charge in [-0.3, -0.25) is 19.5 Å². The number of benzene rings is 2. The van der Waals surface area contributed by atoms with Crippen molar-refractivity contribution in [2.45, 2.75) is 13.8 Å². The third-order valence-corrected chi connectivity index (χ3v) is 5.04. The van der Waals surface area contributed by atoms with E-state index < -0.39 is 17.7 Å². The fourth-order valence-corrected chi connectivity index (χ4v) is 3.15. The van der Waals surface area contributed by atoms with Crippen LogP contribution in [0.15, 0.2) is 51.9 Å². The van der Waals surface area contributed by atoms with Crippen LogP contribution in [0.3, 0.4) is 0 Å². The maximum atomic E-state index is 12.9. The summed E-state index contributed by atoms with van der Waals surface area (Å²) in [6, 6.07) is 12.8. The second-order valence-electron chi connectivity index (χ2n) is 5.92. The first-order valence-corrected chi connectivity index (χ1v) is 9.13. The zero-order valence-electron chi connectivity index (χ0n) is 14.2. The van der Waals surface area contributed by atoms with Crippen molar-refractivity contribution in [3.8, 4) is 0 Å². The smallest absolute Gasteiger partial charge is 0.251 e. The Hall–Kier alpha value is -2.38. The molecule has 2 aromatic rings. The van der Waals surface area contributed by atoms with Gasteiger partial charge in [-0.25, -0.2) is 0 Å². The lowest BCUT2D eigenvalue weighted by Gasteiger charge is -2.30. The fourth-order valence-electron chi connectivity index (χ4n) is 2.59. The van der Waals surface area contributed by atoms with E-state index in [1.165, 1.54) is 11.1 Å². The van der Waals surface area contributed by atoms with E-state index >= 15 is 0 Å². The summed E-state index contributed by atoms with van der Waals surface area (Å²) in [6.45, 7) is 3.94. The molecule has 3 rings (SSSR count). The predicted octanol–water partition coefficient (Wildman–Crippen LogP) is 3.83. The number of amides is 2. The third kappa shape index (κ3) is 3.59. The summed E-state index contributed by atoms with van der Waals surface area (Å²) < 4.78 is 0.883. The van der Waals surface area contributed by atoms with Gasteiger partial charge in [-0.05, 0) is 67.5 Å². The summed E-state index contributed by atoms with van der Waals surface area (Å²) in [4.78, 5) is 30.9. The summed E-state index contributed by atoms with van der Waals surface area (Å²) in [5, 5.41) is 2.65. The lowest BCUT2D eigenvalue weighted by atomic mass is 10.1. The zero-order chi connectivity index (χ0) is 18.8. The molecule has 0 aromatic heterocycles. The van der Waals surface area contributed by atoms with E-state index in [1.807, 2.05) is 32.0 Å². The van der Waals surface area contributed by atoms with Crippen molar-refractivity contribution in [3.05, 3.63) is 58.1 Å². The van der Waals surface area contributed by atoms with Crippen LogP contribution in [0.2, 0.25) is 0 Å². The van der Waals surface area contributed by atoms with Crippen molar-refractivity contribution in [3.63, 3.8) is 0 Å². The van der Waals surface area contributed by atoms with Crippen LogP contribution in [0.5, 0.6) is 0 Å². The van der Waals surface area contributed by atoms with Crippen molar-refractivity contribution in [2.75, 3.05) is 4.90 Å². The average Bonchev–Trinajstić information content (AvgIpc) is 2.59. The molecule has 1 fully saturated rings. The van der Waals surface area contributed by atoms with Crippen LogP contribution in [0.25, 0.3) is 0 Å². The quantitative estimate of drug-likeness (QED) is 0.458. The van der Waals surface area contributed by atoms with Gasteiger partial charge >= 0.3 is 0 Å². The number of hydrogen-bond donors (Lipinski definition) is 1. The lowest BCUT2D eigenvalue weighted by molar-refractivity contribution is -0.130. The number of aliphatic imine (C=N–C) groups is 1. The number of halogens is 1. The monoisotopic (exact) mass is 429 g/mol. The minimum atomic E-state index is -1.04. The maximum absolute atomic E-state index is 12.9. The molecular formula is C19H16BrN3O2S. The van der Waals surface area contributed by atoms with Gasteiger partial charge in [0.25, 0.3) is 5.91 Å². The number of carbonyl (C=O) groups excluding carboxylic acids is 2. The number of aryl methyl sites for hydroxylation is 1. The molecule has 0 aliphatic carbocycles. The van der Waals surface area contributed by atoms with Gasteiger partial charge in [-0.15, -0.1) is 0 Å². The summed E-state index contributed by atoms with van der Waals surface area (Å²) in [7, 11) is 0. The Bertz CT molecular complexity index is 925. The second kappa shape index (κ2) is 7.47. The molecule has 0 spiro atoms. The molecule has 1 N–H and O–H groups in total. The number of carbonyl (C=O) groups is 2. The average molecular weight is 430 g/mol. The third-order valence-electron chi connectivity index (χ3n) is 4.23. The lowest BCUT2D eigenvalue weighted by Crippen LogP contribution is -2.58. The molecule has 0 bridgehead atoms. The van der Waals surface area contributed by atoms with Gasteiger partial charge in [-0.2, -0.15) is 0 Å². The molecule has 0 unspecified atom stereocenters. The van der Waals surface area contributed by atoms with E-state index in [2.05, 4.69) is 26.2 Å². The van der Waals surface area contributed by atoms with Gasteiger partial charge in [0.1, 0.15) is 0 Å². The Morgan fingerprint density at radius 2 is 1.85 bits per heavy atom. The van der Waals surface area contributed by atoms with E-state index in [1.54, 1.807) is 24.3 Å². The minimum Gasteiger partial charge on any atom is -0.301 e. The normalized spacial score (nSPS) is 17.7. The Morgan fingerprint density at radius 1 is 1.15 bits per heavy atom. The maximum Gasteiger partial charge on any atom is 0.251 e. The van der Waals surface area contributed by atoms with Crippen molar-refractivity contribution in [1.29, 1.82) is 0 Å². The molecule has 26 heavy (non-hydrogen) atoms. The number of nitrogens with zero attached hydrogens (tertiary/aromatic N) is 2. The molecule has 1 atom stereocenters. The predicted molar refractivity (Wildman–Crippen MR) is 110 cm³/mol. The van der Waals surface area contributed by atoms with Gasteiger partial charge in [0.15, 0.2) is 11.0 Å². The fraction of sp³-hybridized carbons (Fsp3) is 0.158. The van der Waals surface area contributed by atoms with E-state index in [9.17, 15) is 9.59 Å². The van der Waals surface area contributed by atoms with E-state index in [0.29, 0.717) is 5.69 Å². The highest BCUT2D eigenvalue weighted by Crippen LogP contribution is 2.24. The highest BCUT2D eigenvalue weighted by atomic mass is 79.9. The summed E-state index contributed by atoms with van der Waals surface area (Å²) in [5.41, 5.74) is 3.42. The largest absolute Gasteiger partial charge is 0.301 e. The molecule has 1 aliphatic rings. The highest BCUT2D eigenvalue weighted by molar-refractivity contribution is 9.10. The van der Waals surface area contributed by atoms with Crippen LogP contribution in [0, 0.1) is 19.8 Å². The van der Waals surface area contributed by atoms with Crippen molar-refractivity contribution < 1.29 is 9.59 Å². The first-order chi connectivity index (χ1) is 12.4. The molecule has 7 heteroatoms. The topological polar surface area (TPSA) is 61.8 Å². The van der Waals surface area contributed by atoms with Crippen LogP contribution in [-0.4, -0.2) is 23.1 Å². The highest BCUT2D eigenvalue weighted by Gasteiger charge is 2.38. The van der Waals surface area contributed by atoms with Gasteiger partial charge in [0.2, 0.25) is 5.91 Å². The van der Waals surface area contributed by atoms with Gasteiger partial charge in [0, 0.05) is 10.7 Å². The standard InChI is InChI=1S/C19H16BrN3O2S/c1-11-4-3-5-16(12(11)2)21-10-15-17(24)22-19(26)23(18(15)25)14-8-6-13(20)7-9-14/h3-10,15H,1-2H3,(H,22,24,26)/t15-/m1/s1. The molecular weight excluding hydrogens is 414 g/mol. The zero-order valence-corrected chi connectivity index (χ0v) is 16.6. The molecule has 0 radical (unpaired) electrons. The number of nitrogens with one attached hydrogen (secondary N) is 1. The Labute approximate surface area is 165 Å². The summed E-state index contributed by atoms with van der Waals surface area (Å²) in [5.74, 6) is -1.93. The first-order valence-electron chi connectivity index (χ1n) is 7.93. The van der Waals surface area contributed by atoms with Gasteiger partial charge in [-0.1, -0.05) is 28.1 Å². The molecule has 2 amide bonds. The summed E-state index contributed by atoms with van der Waals surface area (Å²) in [6.07, 6.45) is 1.38. The summed E-state index contributed by atoms with van der Waals surface area (Å²) >= 11 is 8.54. The van der Waals surface area contributed by atoms with Crippen LogP contribution in [0.4, 0.5) is 11.4 Å². The van der Waals surface area contributed by atoms with E-state index in [-0.39, 0.29) is 5.11 Å². The Balaban J connectivity index is 1.91. The number of hydrogen-bond acceptors (Lipinski definition) is 4. The SMILES string of the molecule is Cc1cccc(N=C[C@@H]2C(=O)NC(=S)N(c3ccc(Br)cc3)C2=O)c1C. The number of anilines is 1. The molecule has 0 saturated carbocycles. The minimum absolute atomic E-state index is 0.0682. The van der Waals surface area contributed by atoms with Crippen LogP contribution < -0.4 is 10.2 Å². The van der Waals surface area contributed by atoms with E-state index in [4.69, 9.17) is 12.2 Å². The van der Waals surface area contributed by atoms with Crippen LogP contribution >= 0.6 is 28.1 Å². The Kier molecular flexibility index (Phi) is 5.29. The van der Waals surface area contributed by atoms with Gasteiger partial charge in [0.05, 0.1) is 11.4 Å². The molecule has 2 aromatic carbocycles. The molecule has 5 nitrogen and oxygen atoms in total. The van der Waals surface area contributed by atoms with Crippen molar-refractivity contribution in [1.82, 2.24) is 5.32 Å². The van der Waals surface area contributed by atoms with E-state index in [0.717, 1.165) is 21.3 Å². The van der Waals surface area contributed by atoms with Gasteiger partial charge < -0.3 is 5.32 Å². The van der Waals surface area contributed by atoms with Crippen molar-refractivity contribution in [2.24, 2.45) is 10.9 Å². The Morgan fingerprint density at radius 3 is 2.54 bits per heavy atom. The number of rotatable bonds is 3. The first kappa shape index (κ1) is 18.4. The second-order valence-corrected chi connectivity index (χ2v) is 7.22. The van der Waals surface area contributed by atoms with Crippen LogP contribution in [-0.2, 0) is 9.59 Å². The van der Waals surface area contributed by atoms with Crippen molar-refractivity contribution >= 4 is 62.7 Å². The molecule has 132 valence electrons. The molecule has 1 heterocycles. The van der Waals surface area contributed by atoms with Crippen LogP contribution in [0.1, 0.15) is 11.1 Å². The number of thiocarbonyl (C=S) groups is 1. The molecule has 1 saturated heterocycles. The molecule has 1 aliphatic heterocycles.